The molecule has 0 aliphatic carbocycles. The Hall–Kier alpha value is -5.16. The van der Waals surface area contributed by atoms with E-state index in [1.54, 1.807) is 25.3 Å². The number of carbonyl (C=O) groups is 4. The summed E-state index contributed by atoms with van der Waals surface area (Å²) in [5, 5.41) is 19.0. The Bertz CT molecular complexity index is 1670. The smallest absolute Gasteiger partial charge is 0.243 e. The Kier molecular flexibility index (Phi) is 10.3. The molecule has 1 saturated heterocycles. The van der Waals surface area contributed by atoms with Gasteiger partial charge in [0, 0.05) is 36.6 Å². The molecule has 0 spiro atoms. The van der Waals surface area contributed by atoms with Gasteiger partial charge in [-0.25, -0.2) is 0 Å². The highest BCUT2D eigenvalue weighted by Crippen LogP contribution is 2.22. The normalized spacial score (nSPS) is 16.4. The number of H-pyrrole nitrogens is 1. The van der Waals surface area contributed by atoms with Gasteiger partial charge in [-0.3, -0.25) is 19.2 Å². The quantitative estimate of drug-likeness (QED) is 0.141. The topological polar surface area (TPSA) is 170 Å². The molecule has 5 rings (SSSR count). The summed E-state index contributed by atoms with van der Waals surface area (Å²) < 4.78 is 0. The highest BCUT2D eigenvalue weighted by Gasteiger charge is 2.38. The third-order valence-electron chi connectivity index (χ3n) is 8.34. The maximum atomic E-state index is 13.7. The van der Waals surface area contributed by atoms with Gasteiger partial charge in [0.1, 0.15) is 23.9 Å². The monoisotopic (exact) mass is 624 g/mol. The minimum atomic E-state index is -1.01. The average Bonchev–Trinajstić information content (AvgIpc) is 3.72. The second-order valence-electron chi connectivity index (χ2n) is 11.7. The van der Waals surface area contributed by atoms with E-state index in [0.29, 0.717) is 25.9 Å². The minimum absolute atomic E-state index is 0.119. The van der Waals surface area contributed by atoms with E-state index < -0.39 is 36.0 Å². The molecule has 1 aliphatic rings. The second-order valence-corrected chi connectivity index (χ2v) is 11.7. The molecule has 0 radical (unpaired) electrons. The molecule has 3 aromatic carbocycles. The third-order valence-corrected chi connectivity index (χ3v) is 8.34. The second kappa shape index (κ2) is 14.7. The van der Waals surface area contributed by atoms with E-state index in [2.05, 4.69) is 20.9 Å². The van der Waals surface area contributed by atoms with E-state index in [-0.39, 0.29) is 30.4 Å². The molecule has 11 heteroatoms. The predicted octanol–water partition coefficient (Wildman–Crippen LogP) is 2.28. The average molecular weight is 625 g/mol. The van der Waals surface area contributed by atoms with Crippen LogP contribution in [0.15, 0.2) is 85.1 Å². The molecule has 46 heavy (non-hydrogen) atoms. The van der Waals surface area contributed by atoms with E-state index in [1.807, 2.05) is 54.6 Å². The molecule has 240 valence electrons. The van der Waals surface area contributed by atoms with Gasteiger partial charge in [0.25, 0.3) is 0 Å². The molecule has 0 saturated carbocycles. The molecular formula is C35H40N6O5. The number of nitrogens with zero attached hydrogens (tertiary/aromatic N) is 1. The van der Waals surface area contributed by atoms with Gasteiger partial charge >= 0.3 is 0 Å². The molecular weight excluding hydrogens is 584 g/mol. The van der Waals surface area contributed by atoms with Gasteiger partial charge in [0.2, 0.25) is 23.6 Å². The van der Waals surface area contributed by atoms with Crippen molar-refractivity contribution in [2.24, 2.45) is 5.73 Å². The van der Waals surface area contributed by atoms with Crippen molar-refractivity contribution in [2.75, 3.05) is 6.54 Å². The van der Waals surface area contributed by atoms with Crippen LogP contribution in [-0.2, 0) is 38.6 Å². The van der Waals surface area contributed by atoms with Gasteiger partial charge in [0.05, 0.1) is 6.04 Å². The highest BCUT2D eigenvalue weighted by molar-refractivity contribution is 5.95. The van der Waals surface area contributed by atoms with Crippen molar-refractivity contribution >= 4 is 34.5 Å². The molecule has 1 fully saturated rings. The summed E-state index contributed by atoms with van der Waals surface area (Å²) in [5.41, 5.74) is 9.71. The maximum Gasteiger partial charge on any atom is 0.243 e. The van der Waals surface area contributed by atoms with Gasteiger partial charge in [-0.05, 0) is 61.1 Å². The van der Waals surface area contributed by atoms with Crippen molar-refractivity contribution in [1.29, 1.82) is 0 Å². The number of likely N-dealkylation sites (tertiary alicyclic amines) is 1. The number of benzene rings is 3. The SMILES string of the molecule is CC(NC(=O)C(Cc1c[nH]c2ccccc12)NC(=O)C1CCCN1C(=O)C(N)Cc1ccc(O)cc1)C(=O)NCc1ccccc1. The zero-order valence-electron chi connectivity index (χ0n) is 25.7. The van der Waals surface area contributed by atoms with Crippen molar-refractivity contribution in [3.05, 3.63) is 102 Å². The number of phenols is 1. The fourth-order valence-corrected chi connectivity index (χ4v) is 5.80. The van der Waals surface area contributed by atoms with Gasteiger partial charge in [0.15, 0.2) is 0 Å². The number of hydrogen-bond acceptors (Lipinski definition) is 6. The van der Waals surface area contributed by atoms with Crippen LogP contribution >= 0.6 is 0 Å². The number of aromatic nitrogens is 1. The van der Waals surface area contributed by atoms with Crippen molar-refractivity contribution in [3.63, 3.8) is 0 Å². The third kappa shape index (κ3) is 7.91. The summed E-state index contributed by atoms with van der Waals surface area (Å²) in [6, 6.07) is 20.0. The van der Waals surface area contributed by atoms with E-state index in [9.17, 15) is 24.3 Å². The van der Waals surface area contributed by atoms with Crippen molar-refractivity contribution in [1.82, 2.24) is 25.8 Å². The van der Waals surface area contributed by atoms with Crippen LogP contribution in [0.4, 0.5) is 0 Å². The number of rotatable bonds is 12. The number of phenolic OH excluding ortho intramolecular Hbond substituents is 1. The van der Waals surface area contributed by atoms with Crippen LogP contribution in [0.2, 0.25) is 0 Å². The highest BCUT2D eigenvalue weighted by atomic mass is 16.3. The van der Waals surface area contributed by atoms with E-state index in [4.69, 9.17) is 5.73 Å². The van der Waals surface area contributed by atoms with Gasteiger partial charge in [-0.1, -0.05) is 60.7 Å². The van der Waals surface area contributed by atoms with Gasteiger partial charge < -0.3 is 36.7 Å². The predicted molar refractivity (Wildman–Crippen MR) is 174 cm³/mol. The van der Waals surface area contributed by atoms with Crippen LogP contribution in [0.5, 0.6) is 5.75 Å². The summed E-state index contributed by atoms with van der Waals surface area (Å²) >= 11 is 0. The van der Waals surface area contributed by atoms with Crippen molar-refractivity contribution < 1.29 is 24.3 Å². The van der Waals surface area contributed by atoms with E-state index in [1.165, 1.54) is 17.0 Å². The summed E-state index contributed by atoms with van der Waals surface area (Å²) in [7, 11) is 0. The molecule has 4 amide bonds. The fourth-order valence-electron chi connectivity index (χ4n) is 5.80. The first-order valence-corrected chi connectivity index (χ1v) is 15.5. The van der Waals surface area contributed by atoms with Crippen molar-refractivity contribution in [2.45, 2.75) is 63.3 Å². The molecule has 0 bridgehead atoms. The Balaban J connectivity index is 1.27. The number of nitrogens with two attached hydrogens (primary N) is 1. The lowest BCUT2D eigenvalue weighted by Crippen LogP contribution is -2.57. The lowest BCUT2D eigenvalue weighted by atomic mass is 10.0. The van der Waals surface area contributed by atoms with Crippen LogP contribution in [0, 0.1) is 0 Å². The lowest BCUT2D eigenvalue weighted by Gasteiger charge is -2.28. The number of aromatic hydroxyl groups is 1. The van der Waals surface area contributed by atoms with Crippen LogP contribution in [0.1, 0.15) is 36.5 Å². The largest absolute Gasteiger partial charge is 0.508 e. The van der Waals surface area contributed by atoms with Crippen LogP contribution < -0.4 is 21.7 Å². The van der Waals surface area contributed by atoms with Crippen LogP contribution in [-0.4, -0.2) is 69.3 Å². The summed E-state index contributed by atoms with van der Waals surface area (Å²) in [5.74, 6) is -1.56. The number of para-hydroxylation sites is 1. The van der Waals surface area contributed by atoms with Gasteiger partial charge in [-0.2, -0.15) is 0 Å². The lowest BCUT2D eigenvalue weighted by molar-refractivity contribution is -0.140. The number of nitrogens with one attached hydrogen (secondary N) is 4. The molecule has 2 heterocycles. The summed E-state index contributed by atoms with van der Waals surface area (Å²) in [6.07, 6.45) is 3.28. The van der Waals surface area contributed by atoms with Crippen molar-refractivity contribution in [3.8, 4) is 5.75 Å². The van der Waals surface area contributed by atoms with E-state index in [0.717, 1.165) is 27.6 Å². The molecule has 11 nitrogen and oxygen atoms in total. The number of amides is 4. The number of aromatic amines is 1. The minimum Gasteiger partial charge on any atom is -0.508 e. The fraction of sp³-hybridized carbons (Fsp3) is 0.314. The first-order chi connectivity index (χ1) is 22.2. The number of fused-ring (bicyclic) bond motifs is 1. The van der Waals surface area contributed by atoms with Crippen LogP contribution in [0.3, 0.4) is 0 Å². The first kappa shape index (κ1) is 32.2. The Labute approximate surface area is 267 Å². The van der Waals surface area contributed by atoms with Gasteiger partial charge in [-0.15, -0.1) is 0 Å². The Morgan fingerprint density at radius 3 is 2.39 bits per heavy atom. The van der Waals surface area contributed by atoms with Crippen LogP contribution in [0.25, 0.3) is 10.9 Å². The molecule has 7 N–H and O–H groups in total. The molecule has 1 aliphatic heterocycles. The Morgan fingerprint density at radius 1 is 0.913 bits per heavy atom. The zero-order chi connectivity index (χ0) is 32.6. The number of carbonyl (C=O) groups excluding carboxylic acids is 4. The Morgan fingerprint density at radius 2 is 1.63 bits per heavy atom. The first-order valence-electron chi connectivity index (χ1n) is 15.5. The molecule has 4 unspecified atom stereocenters. The number of hydrogen-bond donors (Lipinski definition) is 6. The summed E-state index contributed by atoms with van der Waals surface area (Å²) in [4.78, 5) is 58.3. The molecule has 4 aromatic rings. The maximum absolute atomic E-state index is 13.7. The summed E-state index contributed by atoms with van der Waals surface area (Å²) in [6.45, 7) is 2.28. The zero-order valence-corrected chi connectivity index (χ0v) is 25.7. The molecule has 1 aromatic heterocycles. The van der Waals surface area contributed by atoms with E-state index >= 15 is 0 Å². The standard InChI is InChI=1S/C35H40N6O5/c1-22(32(43)38-20-24-8-3-2-4-9-24)39-33(44)30(19-25-21-37-29-11-6-5-10-27(25)29)40-34(45)31-12-7-17-41(31)35(46)28(36)18-23-13-15-26(42)16-14-23/h2-6,8-11,13-16,21-22,28,30-31,37,42H,7,12,17-20,36H2,1H3,(H,38,43)(H,39,44)(H,40,45). The molecule has 4 atom stereocenters.